The summed E-state index contributed by atoms with van der Waals surface area (Å²) in [5.41, 5.74) is 20.3. The van der Waals surface area contributed by atoms with Crippen molar-refractivity contribution in [3.63, 3.8) is 0 Å². The molecule has 0 radical (unpaired) electrons. The van der Waals surface area contributed by atoms with Crippen molar-refractivity contribution in [1.82, 2.24) is 9.97 Å². The SMILES string of the molecule is CC1/C=C\C=C/CC2(C3=C(C=CC(c4nc(-c5cc(-c6ccccc6)cc(-c6ccccc6)c5)cc(-c5cc(-c6ccccc6)cc(C6C=CC=CC6)c5)n4)C3)c3ccccc32)c2ccccc21. The first-order chi connectivity index (χ1) is 33.6. The number of hydrogen-bond donors (Lipinski definition) is 0. The van der Waals surface area contributed by atoms with Crippen LogP contribution in [0.1, 0.15) is 77.6 Å². The molecule has 0 bridgehead atoms. The fourth-order valence-corrected chi connectivity index (χ4v) is 11.3. The lowest BCUT2D eigenvalue weighted by atomic mass is 9.64. The average molecular weight is 873 g/mol. The largest absolute Gasteiger partial charge is 0.232 e. The van der Waals surface area contributed by atoms with Crippen LogP contribution in [-0.2, 0) is 5.41 Å². The van der Waals surface area contributed by atoms with Crippen molar-refractivity contribution in [3.8, 4) is 55.9 Å². The van der Waals surface area contributed by atoms with Gasteiger partial charge in [0.1, 0.15) is 5.82 Å². The Morgan fingerprint density at radius 2 is 1.00 bits per heavy atom. The van der Waals surface area contributed by atoms with Gasteiger partial charge in [0.15, 0.2) is 0 Å². The first kappa shape index (κ1) is 41.5. The Morgan fingerprint density at radius 3 is 1.66 bits per heavy atom. The lowest BCUT2D eigenvalue weighted by Gasteiger charge is -2.38. The number of benzene rings is 7. The predicted molar refractivity (Wildman–Crippen MR) is 283 cm³/mol. The van der Waals surface area contributed by atoms with Crippen LogP contribution in [0.4, 0.5) is 0 Å². The molecule has 2 heteroatoms. The average Bonchev–Trinajstić information content (AvgIpc) is 3.73. The molecule has 1 aromatic heterocycles. The van der Waals surface area contributed by atoms with Crippen molar-refractivity contribution >= 4 is 5.57 Å². The van der Waals surface area contributed by atoms with E-state index in [9.17, 15) is 0 Å². The molecule has 7 aromatic carbocycles. The van der Waals surface area contributed by atoms with Crippen LogP contribution in [0.25, 0.3) is 61.5 Å². The van der Waals surface area contributed by atoms with Crippen LogP contribution in [-0.4, -0.2) is 9.97 Å². The third kappa shape index (κ3) is 7.57. The minimum Gasteiger partial charge on any atom is -0.232 e. The Kier molecular flexibility index (Phi) is 10.8. The summed E-state index contributed by atoms with van der Waals surface area (Å²) in [6.45, 7) is 2.33. The molecule has 4 atom stereocenters. The maximum atomic E-state index is 5.70. The van der Waals surface area contributed by atoms with Gasteiger partial charge in [0.2, 0.25) is 0 Å². The van der Waals surface area contributed by atoms with E-state index < -0.39 is 0 Å². The van der Waals surface area contributed by atoms with Gasteiger partial charge in [0.25, 0.3) is 0 Å². The molecule has 0 saturated carbocycles. The van der Waals surface area contributed by atoms with Crippen molar-refractivity contribution in [1.29, 1.82) is 0 Å². The van der Waals surface area contributed by atoms with Crippen molar-refractivity contribution < 1.29 is 0 Å². The molecule has 1 spiro atoms. The third-order valence-electron chi connectivity index (χ3n) is 14.7. The molecule has 2 nitrogen and oxygen atoms in total. The highest BCUT2D eigenvalue weighted by atomic mass is 14.9. The summed E-state index contributed by atoms with van der Waals surface area (Å²) in [6, 6.07) is 66.8. The number of hydrogen-bond acceptors (Lipinski definition) is 2. The summed E-state index contributed by atoms with van der Waals surface area (Å²) in [5, 5.41) is 0. The predicted octanol–water partition coefficient (Wildman–Crippen LogP) is 16.8. The van der Waals surface area contributed by atoms with Crippen LogP contribution in [0.15, 0.2) is 248 Å². The zero-order chi connectivity index (χ0) is 45.4. The maximum absolute atomic E-state index is 5.70. The monoisotopic (exact) mass is 872 g/mol. The van der Waals surface area contributed by atoms with Gasteiger partial charge >= 0.3 is 0 Å². The number of aromatic nitrogens is 2. The van der Waals surface area contributed by atoms with Gasteiger partial charge in [-0.25, -0.2) is 9.97 Å². The molecule has 68 heavy (non-hydrogen) atoms. The fraction of sp³-hybridized carbons (Fsp3) is 0.121. The summed E-state index contributed by atoms with van der Waals surface area (Å²) < 4.78 is 0. The van der Waals surface area contributed by atoms with E-state index in [2.05, 4.69) is 250 Å². The molecule has 0 N–H and O–H groups in total. The molecule has 0 aliphatic heterocycles. The van der Waals surface area contributed by atoms with Crippen molar-refractivity contribution in [3.05, 3.63) is 282 Å². The number of rotatable bonds is 7. The van der Waals surface area contributed by atoms with Crippen LogP contribution in [0, 0.1) is 0 Å². The van der Waals surface area contributed by atoms with Crippen LogP contribution in [0.3, 0.4) is 0 Å². The molecule has 4 aliphatic carbocycles. The standard InChI is InChI=1S/C66H52N2/c1-45-21-7-6-20-36-66(60-32-18-16-30-57(45)60)61-33-19-17-31-58(61)59-35-34-50(43-62(59)66)65-67-63(55-39-51(46-22-8-2-9-23-46)37-52(40-55)47-24-10-3-11-25-47)44-64(68-65)56-41-53(48-26-12-4-13-27-48)38-54(42-56)49-28-14-5-15-29-49/h2-28,30-35,37-42,44-45,49-50H,29,36,43H2,1H3/b20-6-,21-7-. The van der Waals surface area contributed by atoms with Gasteiger partial charge < -0.3 is 0 Å². The zero-order valence-electron chi connectivity index (χ0n) is 38.3. The van der Waals surface area contributed by atoms with Crippen molar-refractivity contribution in [2.75, 3.05) is 0 Å². The molecular weight excluding hydrogens is 821 g/mol. The minimum atomic E-state index is -0.335. The Morgan fingerprint density at radius 1 is 0.456 bits per heavy atom. The van der Waals surface area contributed by atoms with E-state index in [0.29, 0.717) is 0 Å². The molecular formula is C66H52N2. The molecule has 4 aliphatic rings. The van der Waals surface area contributed by atoms with Gasteiger partial charge in [-0.3, -0.25) is 0 Å². The second kappa shape index (κ2) is 17.7. The maximum Gasteiger partial charge on any atom is 0.136 e. The summed E-state index contributed by atoms with van der Waals surface area (Å²) in [7, 11) is 0. The Bertz CT molecular complexity index is 3330. The van der Waals surface area contributed by atoms with E-state index in [0.717, 1.165) is 58.7 Å². The molecule has 0 saturated heterocycles. The van der Waals surface area contributed by atoms with E-state index in [1.54, 1.807) is 0 Å². The highest BCUT2D eigenvalue weighted by Gasteiger charge is 2.48. The Balaban J connectivity index is 1.06. The first-order valence-corrected chi connectivity index (χ1v) is 24.2. The highest BCUT2D eigenvalue weighted by molar-refractivity contribution is 5.90. The number of allylic oxidation sites excluding steroid dienone is 12. The van der Waals surface area contributed by atoms with Gasteiger partial charge in [-0.2, -0.15) is 0 Å². The third-order valence-corrected chi connectivity index (χ3v) is 14.7. The van der Waals surface area contributed by atoms with Gasteiger partial charge in [-0.15, -0.1) is 0 Å². The molecule has 0 amide bonds. The summed E-state index contributed by atoms with van der Waals surface area (Å²) in [5.74, 6) is 1.32. The smallest absolute Gasteiger partial charge is 0.136 e. The normalized spacial score (nSPS) is 21.0. The number of nitrogens with zero attached hydrogens (tertiary/aromatic N) is 2. The van der Waals surface area contributed by atoms with E-state index in [-0.39, 0.29) is 23.2 Å². The van der Waals surface area contributed by atoms with Crippen LogP contribution >= 0.6 is 0 Å². The topological polar surface area (TPSA) is 25.8 Å². The van der Waals surface area contributed by atoms with E-state index in [4.69, 9.17) is 9.97 Å². The molecule has 12 rings (SSSR count). The first-order valence-electron chi connectivity index (χ1n) is 24.2. The van der Waals surface area contributed by atoms with Gasteiger partial charge in [0, 0.05) is 28.4 Å². The van der Waals surface area contributed by atoms with Gasteiger partial charge in [-0.05, 0) is 134 Å². The minimum absolute atomic E-state index is 0.0629. The quantitative estimate of drug-likeness (QED) is 0.159. The van der Waals surface area contributed by atoms with Gasteiger partial charge in [0.05, 0.1) is 11.4 Å². The molecule has 0 fully saturated rings. The highest BCUT2D eigenvalue weighted by Crippen LogP contribution is 2.58. The number of fused-ring (bicyclic) bond motifs is 6. The second-order valence-electron chi connectivity index (χ2n) is 18.8. The summed E-state index contributed by atoms with van der Waals surface area (Å²) in [4.78, 5) is 11.4. The molecule has 4 unspecified atom stereocenters. The Labute approximate surface area is 400 Å². The second-order valence-corrected chi connectivity index (χ2v) is 18.8. The summed E-state index contributed by atoms with van der Waals surface area (Å²) >= 11 is 0. The van der Waals surface area contributed by atoms with Crippen molar-refractivity contribution in [2.24, 2.45) is 0 Å². The van der Waals surface area contributed by atoms with Crippen LogP contribution in [0.2, 0.25) is 0 Å². The van der Waals surface area contributed by atoms with Gasteiger partial charge in [-0.1, -0.05) is 213 Å². The lowest BCUT2D eigenvalue weighted by Crippen LogP contribution is -2.30. The Hall–Kier alpha value is -7.94. The van der Waals surface area contributed by atoms with E-state index in [1.807, 2.05) is 0 Å². The molecule has 326 valence electrons. The molecule has 1 heterocycles. The van der Waals surface area contributed by atoms with Crippen LogP contribution in [0.5, 0.6) is 0 Å². The zero-order valence-corrected chi connectivity index (χ0v) is 38.3. The van der Waals surface area contributed by atoms with E-state index >= 15 is 0 Å². The van der Waals surface area contributed by atoms with Crippen molar-refractivity contribution in [2.45, 2.75) is 49.4 Å². The van der Waals surface area contributed by atoms with Crippen LogP contribution < -0.4 is 0 Å². The molecule has 8 aromatic rings. The summed E-state index contributed by atoms with van der Waals surface area (Å²) in [6.07, 6.45) is 25.6. The lowest BCUT2D eigenvalue weighted by molar-refractivity contribution is 0.569. The van der Waals surface area contributed by atoms with E-state index in [1.165, 1.54) is 61.2 Å². The fourth-order valence-electron chi connectivity index (χ4n) is 11.3.